The van der Waals surface area contributed by atoms with E-state index in [9.17, 15) is 0 Å². The molecular weight excluding hydrogens is 236 g/mol. The molecule has 0 saturated heterocycles. The number of methoxy groups -OCH3 is 3. The van der Waals surface area contributed by atoms with Gasteiger partial charge in [-0.15, -0.1) is 4.98 Å². The summed E-state index contributed by atoms with van der Waals surface area (Å²) in [5, 5.41) is 3.18. The molecule has 7 heteroatoms. The lowest BCUT2D eigenvalue weighted by atomic mass is 10.2. The molecule has 0 aliphatic rings. The second kappa shape index (κ2) is 7.65. The summed E-state index contributed by atoms with van der Waals surface area (Å²) in [7, 11) is 4.66. The first-order chi connectivity index (χ1) is 8.73. The molecular formula is C11H20N4O3. The van der Waals surface area contributed by atoms with Gasteiger partial charge in [-0.25, -0.2) is 0 Å². The number of hydrogen-bond donors (Lipinski definition) is 1. The molecule has 1 aromatic rings. The van der Waals surface area contributed by atoms with Crippen molar-refractivity contribution in [2.75, 3.05) is 33.3 Å². The first kappa shape index (κ1) is 14.4. The van der Waals surface area contributed by atoms with Gasteiger partial charge in [-0.2, -0.15) is 9.97 Å². The Labute approximate surface area is 107 Å². The third-order valence-corrected chi connectivity index (χ3v) is 2.30. The number of aromatic nitrogens is 3. The Balaban J connectivity index is 2.80. The van der Waals surface area contributed by atoms with E-state index < -0.39 is 0 Å². The third kappa shape index (κ3) is 4.33. The van der Waals surface area contributed by atoms with E-state index in [0.717, 1.165) is 12.8 Å². The highest BCUT2D eigenvalue weighted by Gasteiger charge is 2.12. The summed E-state index contributed by atoms with van der Waals surface area (Å²) in [6, 6.07) is 0.589. The third-order valence-electron chi connectivity index (χ3n) is 2.30. The Morgan fingerprint density at radius 1 is 1.06 bits per heavy atom. The van der Waals surface area contributed by atoms with Gasteiger partial charge in [0, 0.05) is 7.11 Å². The molecule has 0 saturated carbocycles. The Morgan fingerprint density at radius 3 is 2.11 bits per heavy atom. The number of nitrogens with zero attached hydrogens (tertiary/aromatic N) is 3. The molecule has 0 spiro atoms. The quantitative estimate of drug-likeness (QED) is 0.746. The Kier molecular flexibility index (Phi) is 6.13. The fraction of sp³-hybridized carbons (Fsp3) is 0.727. The highest BCUT2D eigenvalue weighted by molar-refractivity contribution is 5.29. The van der Waals surface area contributed by atoms with Crippen molar-refractivity contribution < 1.29 is 14.2 Å². The summed E-state index contributed by atoms with van der Waals surface area (Å²) >= 11 is 0. The van der Waals surface area contributed by atoms with Crippen molar-refractivity contribution in [2.45, 2.75) is 25.8 Å². The van der Waals surface area contributed by atoms with E-state index in [1.54, 1.807) is 7.11 Å². The van der Waals surface area contributed by atoms with Gasteiger partial charge < -0.3 is 19.5 Å². The molecule has 1 atom stereocenters. The van der Waals surface area contributed by atoms with Crippen LogP contribution in [0.5, 0.6) is 12.0 Å². The van der Waals surface area contributed by atoms with Crippen LogP contribution in [0.4, 0.5) is 5.95 Å². The predicted molar refractivity (Wildman–Crippen MR) is 67.1 cm³/mol. The van der Waals surface area contributed by atoms with Crippen LogP contribution in [0.1, 0.15) is 19.8 Å². The SMILES string of the molecule is CCCC(COC)Nc1nc(OC)nc(OC)n1. The van der Waals surface area contributed by atoms with Crippen LogP contribution >= 0.6 is 0 Å². The van der Waals surface area contributed by atoms with Crippen molar-refractivity contribution in [3.63, 3.8) is 0 Å². The molecule has 1 unspecified atom stereocenters. The summed E-state index contributed by atoms with van der Waals surface area (Å²) in [6.07, 6.45) is 2.00. The van der Waals surface area contributed by atoms with Crippen LogP contribution in [0.25, 0.3) is 0 Å². The molecule has 18 heavy (non-hydrogen) atoms. The minimum absolute atomic E-state index is 0.150. The summed E-state index contributed by atoms with van der Waals surface area (Å²) in [5.41, 5.74) is 0. The molecule has 0 aliphatic carbocycles. The molecule has 1 rings (SSSR count). The van der Waals surface area contributed by atoms with E-state index in [1.807, 2.05) is 0 Å². The second-order valence-electron chi connectivity index (χ2n) is 3.72. The smallest absolute Gasteiger partial charge is 0.324 e. The summed E-state index contributed by atoms with van der Waals surface area (Å²) in [6.45, 7) is 2.70. The summed E-state index contributed by atoms with van der Waals surface area (Å²) in [5.74, 6) is 0.425. The molecule has 7 nitrogen and oxygen atoms in total. The monoisotopic (exact) mass is 256 g/mol. The maximum absolute atomic E-state index is 5.15. The molecule has 0 amide bonds. The molecule has 1 heterocycles. The highest BCUT2D eigenvalue weighted by Crippen LogP contribution is 2.14. The van der Waals surface area contributed by atoms with Crippen molar-refractivity contribution in [1.82, 2.24) is 15.0 Å². The Hall–Kier alpha value is -1.63. The topological polar surface area (TPSA) is 78.4 Å². The van der Waals surface area contributed by atoms with Crippen molar-refractivity contribution in [3.05, 3.63) is 0 Å². The first-order valence-corrected chi connectivity index (χ1v) is 5.83. The van der Waals surface area contributed by atoms with Crippen LogP contribution in [0.3, 0.4) is 0 Å². The maximum atomic E-state index is 5.15. The number of rotatable bonds is 8. The lowest BCUT2D eigenvalue weighted by Crippen LogP contribution is -2.26. The lowest BCUT2D eigenvalue weighted by molar-refractivity contribution is 0.182. The second-order valence-corrected chi connectivity index (χ2v) is 3.72. The van der Waals surface area contributed by atoms with Gasteiger partial charge in [0.15, 0.2) is 0 Å². The van der Waals surface area contributed by atoms with E-state index in [1.165, 1.54) is 14.2 Å². The van der Waals surface area contributed by atoms with Gasteiger partial charge in [-0.05, 0) is 6.42 Å². The Bertz CT molecular complexity index is 334. The van der Waals surface area contributed by atoms with E-state index in [2.05, 4.69) is 27.2 Å². The average Bonchev–Trinajstić information content (AvgIpc) is 2.38. The molecule has 0 fully saturated rings. The maximum Gasteiger partial charge on any atom is 0.324 e. The minimum atomic E-state index is 0.150. The van der Waals surface area contributed by atoms with Crippen LogP contribution in [0.2, 0.25) is 0 Å². The van der Waals surface area contributed by atoms with Crippen LogP contribution in [0.15, 0.2) is 0 Å². The van der Waals surface area contributed by atoms with Gasteiger partial charge in [0.25, 0.3) is 0 Å². The van der Waals surface area contributed by atoms with E-state index >= 15 is 0 Å². The van der Waals surface area contributed by atoms with Crippen molar-refractivity contribution >= 4 is 5.95 Å². The normalized spacial score (nSPS) is 12.0. The largest absolute Gasteiger partial charge is 0.467 e. The van der Waals surface area contributed by atoms with Gasteiger partial charge >= 0.3 is 12.0 Å². The van der Waals surface area contributed by atoms with E-state index in [4.69, 9.17) is 14.2 Å². The molecule has 0 aromatic carbocycles. The predicted octanol–water partition coefficient (Wildman–Crippen LogP) is 1.12. The number of ether oxygens (including phenoxy) is 3. The van der Waals surface area contributed by atoms with Gasteiger partial charge in [0.2, 0.25) is 5.95 Å². The minimum Gasteiger partial charge on any atom is -0.467 e. The molecule has 0 aliphatic heterocycles. The zero-order valence-electron chi connectivity index (χ0n) is 11.3. The number of nitrogens with one attached hydrogen (secondary N) is 1. The van der Waals surface area contributed by atoms with Gasteiger partial charge in [0.05, 0.1) is 26.9 Å². The van der Waals surface area contributed by atoms with Crippen LogP contribution < -0.4 is 14.8 Å². The van der Waals surface area contributed by atoms with Gasteiger partial charge in [-0.3, -0.25) is 0 Å². The van der Waals surface area contributed by atoms with E-state index in [-0.39, 0.29) is 18.1 Å². The van der Waals surface area contributed by atoms with Gasteiger partial charge in [0.1, 0.15) is 0 Å². The van der Waals surface area contributed by atoms with Crippen molar-refractivity contribution in [1.29, 1.82) is 0 Å². The molecule has 1 aromatic heterocycles. The standard InChI is InChI=1S/C11H20N4O3/c1-5-6-8(7-16-2)12-9-13-10(17-3)15-11(14-9)18-4/h8H,5-7H2,1-4H3,(H,12,13,14,15). The van der Waals surface area contributed by atoms with Crippen LogP contribution in [-0.2, 0) is 4.74 Å². The average molecular weight is 256 g/mol. The molecule has 1 N–H and O–H groups in total. The lowest BCUT2D eigenvalue weighted by Gasteiger charge is -2.17. The zero-order chi connectivity index (χ0) is 13.4. The summed E-state index contributed by atoms with van der Waals surface area (Å²) < 4.78 is 15.1. The van der Waals surface area contributed by atoms with Crippen LogP contribution in [-0.4, -0.2) is 48.9 Å². The highest BCUT2D eigenvalue weighted by atomic mass is 16.5. The number of anilines is 1. The molecule has 0 radical (unpaired) electrons. The Morgan fingerprint density at radius 2 is 1.67 bits per heavy atom. The first-order valence-electron chi connectivity index (χ1n) is 5.83. The van der Waals surface area contributed by atoms with Crippen molar-refractivity contribution in [2.24, 2.45) is 0 Å². The fourth-order valence-corrected chi connectivity index (χ4v) is 1.51. The van der Waals surface area contributed by atoms with Crippen molar-refractivity contribution in [3.8, 4) is 12.0 Å². The van der Waals surface area contributed by atoms with E-state index in [0.29, 0.717) is 12.6 Å². The summed E-state index contributed by atoms with van der Waals surface area (Å²) in [4.78, 5) is 12.2. The zero-order valence-corrected chi connectivity index (χ0v) is 11.3. The van der Waals surface area contributed by atoms with Gasteiger partial charge in [-0.1, -0.05) is 13.3 Å². The molecule has 102 valence electrons. The fourth-order valence-electron chi connectivity index (χ4n) is 1.51. The molecule has 0 bridgehead atoms. The van der Waals surface area contributed by atoms with Crippen LogP contribution in [0, 0.1) is 0 Å². The number of hydrogen-bond acceptors (Lipinski definition) is 7.